The van der Waals surface area contributed by atoms with Crippen molar-refractivity contribution < 1.29 is 9.47 Å². The van der Waals surface area contributed by atoms with Gasteiger partial charge in [-0.15, -0.1) is 0 Å². The number of hydrogen-bond donors (Lipinski definition) is 0. The van der Waals surface area contributed by atoms with Crippen molar-refractivity contribution in [1.29, 1.82) is 0 Å². The van der Waals surface area contributed by atoms with Crippen molar-refractivity contribution in [2.45, 2.75) is 31.4 Å². The first-order chi connectivity index (χ1) is 9.78. The van der Waals surface area contributed by atoms with Crippen molar-refractivity contribution in [3.63, 3.8) is 0 Å². The van der Waals surface area contributed by atoms with Crippen molar-refractivity contribution in [2.24, 2.45) is 0 Å². The number of fused-ring (bicyclic) bond motifs is 1. The minimum atomic E-state index is 0.321. The van der Waals surface area contributed by atoms with E-state index in [1.54, 1.807) is 0 Å². The predicted molar refractivity (Wildman–Crippen MR) is 83.9 cm³/mol. The molecule has 0 aromatic heterocycles. The van der Waals surface area contributed by atoms with E-state index in [-0.39, 0.29) is 0 Å². The molecule has 1 aromatic carbocycles. The third-order valence-corrected chi connectivity index (χ3v) is 5.07. The predicted octanol–water partition coefficient (Wildman–Crippen LogP) is 3.04. The van der Waals surface area contributed by atoms with E-state index in [0.29, 0.717) is 18.1 Å². The summed E-state index contributed by atoms with van der Waals surface area (Å²) >= 11 is 3.54. The van der Waals surface area contributed by atoms with Crippen LogP contribution in [0.4, 0.5) is 0 Å². The summed E-state index contributed by atoms with van der Waals surface area (Å²) in [4.78, 5) is 2.57. The standard InChI is InChI=1S/C16H22BrNO2/c1-12-11-20-14(8-17)10-18(12)9-13-6-7-19-16-5-3-2-4-15(13)16/h2-5,12-14H,6-11H2,1H3. The second-order valence-electron chi connectivity index (χ2n) is 5.78. The van der Waals surface area contributed by atoms with E-state index in [4.69, 9.17) is 9.47 Å². The highest BCUT2D eigenvalue weighted by Gasteiger charge is 2.30. The first-order valence-electron chi connectivity index (χ1n) is 7.41. The summed E-state index contributed by atoms with van der Waals surface area (Å²) in [7, 11) is 0. The van der Waals surface area contributed by atoms with Gasteiger partial charge in [0.15, 0.2) is 0 Å². The van der Waals surface area contributed by atoms with Crippen LogP contribution in [0, 0.1) is 0 Å². The maximum atomic E-state index is 5.82. The van der Waals surface area contributed by atoms with Crippen LogP contribution in [-0.2, 0) is 4.74 Å². The fourth-order valence-electron chi connectivity index (χ4n) is 3.11. The van der Waals surface area contributed by atoms with Crippen LogP contribution in [0.3, 0.4) is 0 Å². The lowest BCUT2D eigenvalue weighted by atomic mass is 9.92. The van der Waals surface area contributed by atoms with E-state index in [9.17, 15) is 0 Å². The summed E-state index contributed by atoms with van der Waals surface area (Å²) in [6.45, 7) is 6.05. The molecule has 0 aliphatic carbocycles. The normalized spacial score (nSPS) is 30.6. The second-order valence-corrected chi connectivity index (χ2v) is 6.43. The summed E-state index contributed by atoms with van der Waals surface area (Å²) in [5.74, 6) is 1.65. The van der Waals surface area contributed by atoms with Crippen molar-refractivity contribution in [3.05, 3.63) is 29.8 Å². The molecule has 3 unspecified atom stereocenters. The molecule has 0 radical (unpaired) electrons. The van der Waals surface area contributed by atoms with E-state index in [0.717, 1.165) is 43.8 Å². The Kier molecular flexibility index (Phi) is 4.64. The molecule has 3 nitrogen and oxygen atoms in total. The molecular formula is C16H22BrNO2. The maximum absolute atomic E-state index is 5.82. The molecule has 2 aliphatic rings. The smallest absolute Gasteiger partial charge is 0.122 e. The van der Waals surface area contributed by atoms with Crippen molar-refractivity contribution in [3.8, 4) is 5.75 Å². The van der Waals surface area contributed by atoms with Gasteiger partial charge in [-0.1, -0.05) is 34.1 Å². The summed E-state index contributed by atoms with van der Waals surface area (Å²) in [6, 6.07) is 8.97. The number of hydrogen-bond acceptors (Lipinski definition) is 3. The van der Waals surface area contributed by atoms with Crippen molar-refractivity contribution in [1.82, 2.24) is 4.90 Å². The molecule has 3 rings (SSSR count). The highest BCUT2D eigenvalue weighted by Crippen LogP contribution is 2.34. The van der Waals surface area contributed by atoms with Gasteiger partial charge < -0.3 is 9.47 Å². The summed E-state index contributed by atoms with van der Waals surface area (Å²) in [5.41, 5.74) is 1.37. The first kappa shape index (κ1) is 14.4. The van der Waals surface area contributed by atoms with Crippen LogP contribution < -0.4 is 4.74 Å². The Morgan fingerprint density at radius 2 is 2.20 bits per heavy atom. The molecule has 0 bridgehead atoms. The number of para-hydroxylation sites is 1. The lowest BCUT2D eigenvalue weighted by molar-refractivity contribution is -0.0494. The number of rotatable bonds is 3. The quantitative estimate of drug-likeness (QED) is 0.790. The Labute approximate surface area is 129 Å². The van der Waals surface area contributed by atoms with Gasteiger partial charge in [0.2, 0.25) is 0 Å². The Morgan fingerprint density at radius 3 is 3.05 bits per heavy atom. The van der Waals surface area contributed by atoms with Crippen molar-refractivity contribution >= 4 is 15.9 Å². The third-order valence-electron chi connectivity index (χ3n) is 4.34. The molecule has 0 spiro atoms. The number of morpholine rings is 1. The minimum Gasteiger partial charge on any atom is -0.493 e. The Morgan fingerprint density at radius 1 is 1.35 bits per heavy atom. The van der Waals surface area contributed by atoms with Gasteiger partial charge in [0, 0.05) is 30.4 Å². The van der Waals surface area contributed by atoms with Gasteiger partial charge in [-0.25, -0.2) is 0 Å². The van der Waals surface area contributed by atoms with Gasteiger partial charge in [-0.3, -0.25) is 4.90 Å². The van der Waals surface area contributed by atoms with Gasteiger partial charge in [-0.2, -0.15) is 0 Å². The monoisotopic (exact) mass is 339 g/mol. The van der Waals surface area contributed by atoms with Crippen LogP contribution in [0.2, 0.25) is 0 Å². The van der Waals surface area contributed by atoms with Gasteiger partial charge in [0.1, 0.15) is 5.75 Å². The molecule has 0 amide bonds. The average molecular weight is 340 g/mol. The average Bonchev–Trinajstić information content (AvgIpc) is 2.50. The van der Waals surface area contributed by atoms with Gasteiger partial charge in [-0.05, 0) is 25.0 Å². The van der Waals surface area contributed by atoms with E-state index in [1.807, 2.05) is 0 Å². The number of ether oxygens (including phenoxy) is 2. The van der Waals surface area contributed by atoms with Crippen LogP contribution in [-0.4, -0.2) is 48.7 Å². The molecule has 1 fully saturated rings. The lowest BCUT2D eigenvalue weighted by Crippen LogP contribution is -2.50. The summed E-state index contributed by atoms with van der Waals surface area (Å²) in [6.07, 6.45) is 1.43. The molecule has 0 saturated carbocycles. The van der Waals surface area contributed by atoms with E-state index >= 15 is 0 Å². The topological polar surface area (TPSA) is 21.7 Å². The molecule has 2 heterocycles. The molecule has 2 aliphatic heterocycles. The second kappa shape index (κ2) is 6.46. The molecule has 20 heavy (non-hydrogen) atoms. The summed E-state index contributed by atoms with van der Waals surface area (Å²) in [5, 5.41) is 0.917. The molecule has 3 atom stereocenters. The van der Waals surface area contributed by atoms with E-state index < -0.39 is 0 Å². The van der Waals surface area contributed by atoms with Gasteiger partial charge >= 0.3 is 0 Å². The lowest BCUT2D eigenvalue weighted by Gasteiger charge is -2.40. The Hall–Kier alpha value is -0.580. The number of alkyl halides is 1. The third kappa shape index (κ3) is 3.02. The zero-order valence-corrected chi connectivity index (χ0v) is 13.5. The molecule has 0 N–H and O–H groups in total. The maximum Gasteiger partial charge on any atom is 0.122 e. The van der Waals surface area contributed by atoms with Gasteiger partial charge in [0.05, 0.1) is 19.3 Å². The number of benzene rings is 1. The van der Waals surface area contributed by atoms with Crippen LogP contribution in [0.1, 0.15) is 24.8 Å². The van der Waals surface area contributed by atoms with E-state index in [2.05, 4.69) is 52.0 Å². The largest absolute Gasteiger partial charge is 0.493 e. The molecule has 1 saturated heterocycles. The highest BCUT2D eigenvalue weighted by atomic mass is 79.9. The van der Waals surface area contributed by atoms with Crippen molar-refractivity contribution in [2.75, 3.05) is 31.6 Å². The molecule has 4 heteroatoms. The summed E-state index contributed by atoms with van der Waals surface area (Å²) < 4.78 is 11.6. The van der Waals surface area contributed by atoms with Crippen LogP contribution in [0.5, 0.6) is 5.75 Å². The van der Waals surface area contributed by atoms with Crippen LogP contribution in [0.25, 0.3) is 0 Å². The fourth-order valence-corrected chi connectivity index (χ4v) is 3.50. The first-order valence-corrected chi connectivity index (χ1v) is 8.53. The number of nitrogens with zero attached hydrogens (tertiary/aromatic N) is 1. The van der Waals surface area contributed by atoms with Crippen LogP contribution in [0.15, 0.2) is 24.3 Å². The zero-order valence-electron chi connectivity index (χ0n) is 11.9. The van der Waals surface area contributed by atoms with E-state index in [1.165, 1.54) is 5.56 Å². The fraction of sp³-hybridized carbons (Fsp3) is 0.625. The van der Waals surface area contributed by atoms with Gasteiger partial charge in [0.25, 0.3) is 0 Å². The number of halogens is 1. The highest BCUT2D eigenvalue weighted by molar-refractivity contribution is 9.09. The Bertz CT molecular complexity index is 454. The molecular weight excluding hydrogens is 318 g/mol. The minimum absolute atomic E-state index is 0.321. The zero-order chi connectivity index (χ0) is 13.9. The molecule has 110 valence electrons. The van der Waals surface area contributed by atoms with Crippen LogP contribution >= 0.6 is 15.9 Å². The Balaban J connectivity index is 1.71. The SMILES string of the molecule is CC1COC(CBr)CN1CC1CCOc2ccccc21. The molecule has 1 aromatic rings.